The van der Waals surface area contributed by atoms with Crippen molar-refractivity contribution < 1.29 is 32.2 Å². The molecule has 0 aliphatic carbocycles. The Morgan fingerprint density at radius 1 is 1.33 bits per heavy atom. The predicted octanol–water partition coefficient (Wildman–Crippen LogP) is 1.87. The van der Waals surface area contributed by atoms with Crippen LogP contribution in [0, 0.1) is 0 Å². The molecule has 1 fully saturated rings. The fourth-order valence-corrected chi connectivity index (χ4v) is 2.05. The molecular weight excluding hydrogens is 291 g/mol. The molecule has 1 saturated heterocycles. The molecule has 116 valence electrons. The highest BCUT2D eigenvalue weighted by Gasteiger charge is 2.32. The summed E-state index contributed by atoms with van der Waals surface area (Å²) in [5, 5.41) is 2.92. The number of ether oxygens (including phenoxy) is 3. The smallest absolute Gasteiger partial charge is 0.489 e. The minimum absolute atomic E-state index is 0.245. The molecule has 0 aromatic heterocycles. The molecule has 1 aliphatic rings. The molecule has 21 heavy (non-hydrogen) atoms. The van der Waals surface area contributed by atoms with Crippen molar-refractivity contribution in [1.82, 2.24) is 5.32 Å². The zero-order valence-corrected chi connectivity index (χ0v) is 11.1. The molecule has 0 spiro atoms. The van der Waals surface area contributed by atoms with Crippen LogP contribution in [-0.2, 0) is 9.53 Å². The van der Waals surface area contributed by atoms with Gasteiger partial charge in [0.2, 0.25) is 0 Å². The number of nitrogens with one attached hydrogen (secondary N) is 1. The summed E-state index contributed by atoms with van der Waals surface area (Å²) >= 11 is 0. The van der Waals surface area contributed by atoms with Gasteiger partial charge in [-0.15, -0.1) is 13.2 Å². The van der Waals surface area contributed by atoms with E-state index in [0.717, 1.165) is 6.07 Å². The fraction of sp³-hybridized carbons (Fsp3) is 0.462. The summed E-state index contributed by atoms with van der Waals surface area (Å²) in [5.41, 5.74) is 0. The molecule has 1 aromatic rings. The van der Waals surface area contributed by atoms with Gasteiger partial charge in [0.15, 0.2) is 0 Å². The van der Waals surface area contributed by atoms with Gasteiger partial charge in [0, 0.05) is 19.0 Å². The molecule has 0 amide bonds. The SMILES string of the molecule is COC(=O)[C@@H]1C[C@@H](Oc2cccc(OC(F)(F)F)c2)CN1. The molecule has 2 atom stereocenters. The Balaban J connectivity index is 1.95. The second kappa shape index (κ2) is 6.21. The lowest BCUT2D eigenvalue weighted by Gasteiger charge is -2.14. The lowest BCUT2D eigenvalue weighted by Crippen LogP contribution is -2.31. The lowest BCUT2D eigenvalue weighted by atomic mass is 10.2. The van der Waals surface area contributed by atoms with Crippen LogP contribution in [0.4, 0.5) is 13.2 Å². The molecule has 1 aliphatic heterocycles. The summed E-state index contributed by atoms with van der Waals surface area (Å²) < 4.78 is 50.4. The monoisotopic (exact) mass is 305 g/mol. The van der Waals surface area contributed by atoms with Gasteiger partial charge in [0.05, 0.1) is 7.11 Å². The lowest BCUT2D eigenvalue weighted by molar-refractivity contribution is -0.274. The van der Waals surface area contributed by atoms with Crippen molar-refractivity contribution in [2.75, 3.05) is 13.7 Å². The van der Waals surface area contributed by atoms with Crippen molar-refractivity contribution in [3.05, 3.63) is 24.3 Å². The van der Waals surface area contributed by atoms with Crippen LogP contribution in [0.5, 0.6) is 11.5 Å². The van der Waals surface area contributed by atoms with E-state index < -0.39 is 18.4 Å². The van der Waals surface area contributed by atoms with E-state index >= 15 is 0 Å². The van der Waals surface area contributed by atoms with E-state index in [9.17, 15) is 18.0 Å². The third-order valence-electron chi connectivity index (χ3n) is 2.92. The standard InChI is InChI=1S/C13H14F3NO4/c1-19-12(18)11-6-10(7-17-11)20-8-3-2-4-9(5-8)21-13(14,15)16/h2-5,10-11,17H,6-7H2,1H3/t10-,11+/m1/s1. The molecule has 0 saturated carbocycles. The highest BCUT2D eigenvalue weighted by Crippen LogP contribution is 2.27. The summed E-state index contributed by atoms with van der Waals surface area (Å²) in [6.07, 6.45) is -4.68. The summed E-state index contributed by atoms with van der Waals surface area (Å²) in [4.78, 5) is 11.3. The van der Waals surface area contributed by atoms with E-state index in [4.69, 9.17) is 4.74 Å². The summed E-state index contributed by atoms with van der Waals surface area (Å²) in [6.45, 7) is 0.407. The molecule has 1 heterocycles. The van der Waals surface area contributed by atoms with Crippen molar-refractivity contribution in [2.24, 2.45) is 0 Å². The van der Waals surface area contributed by atoms with E-state index in [1.54, 1.807) is 0 Å². The van der Waals surface area contributed by atoms with Crippen LogP contribution in [0.3, 0.4) is 0 Å². The van der Waals surface area contributed by atoms with Crippen LogP contribution in [0.15, 0.2) is 24.3 Å². The number of carbonyl (C=O) groups excluding carboxylic acids is 1. The van der Waals surface area contributed by atoms with Gasteiger partial charge in [0.25, 0.3) is 0 Å². The molecular formula is C13H14F3NO4. The zero-order chi connectivity index (χ0) is 15.5. The Bertz CT molecular complexity index is 506. The minimum Gasteiger partial charge on any atom is -0.489 e. The van der Waals surface area contributed by atoms with Gasteiger partial charge in [-0.1, -0.05) is 6.07 Å². The molecule has 5 nitrogen and oxygen atoms in total. The largest absolute Gasteiger partial charge is 0.573 e. The first-order chi connectivity index (χ1) is 9.87. The molecule has 1 N–H and O–H groups in total. The van der Waals surface area contributed by atoms with Crippen LogP contribution in [0.1, 0.15) is 6.42 Å². The fourth-order valence-electron chi connectivity index (χ4n) is 2.05. The maximum atomic E-state index is 12.1. The first-order valence-corrected chi connectivity index (χ1v) is 6.21. The molecule has 2 rings (SSSR count). The second-order valence-corrected chi connectivity index (χ2v) is 4.48. The minimum atomic E-state index is -4.75. The predicted molar refractivity (Wildman–Crippen MR) is 66.0 cm³/mol. The van der Waals surface area contributed by atoms with Gasteiger partial charge in [-0.25, -0.2) is 0 Å². The van der Waals surface area contributed by atoms with E-state index in [1.165, 1.54) is 25.3 Å². The number of halogens is 3. The Hall–Kier alpha value is -1.96. The average Bonchev–Trinajstić information content (AvgIpc) is 2.84. The highest BCUT2D eigenvalue weighted by molar-refractivity contribution is 5.76. The van der Waals surface area contributed by atoms with Gasteiger partial charge in [0.1, 0.15) is 23.6 Å². The molecule has 0 bridgehead atoms. The Morgan fingerprint density at radius 3 is 2.71 bits per heavy atom. The van der Waals surface area contributed by atoms with Gasteiger partial charge in [-0.3, -0.25) is 4.79 Å². The van der Waals surface area contributed by atoms with Crippen molar-refractivity contribution in [3.8, 4) is 11.5 Å². The number of hydrogen-bond acceptors (Lipinski definition) is 5. The quantitative estimate of drug-likeness (QED) is 0.861. The van der Waals surface area contributed by atoms with Gasteiger partial charge in [-0.05, 0) is 12.1 Å². The summed E-state index contributed by atoms with van der Waals surface area (Å²) in [6, 6.07) is 4.80. The van der Waals surface area contributed by atoms with Gasteiger partial charge >= 0.3 is 12.3 Å². The number of rotatable bonds is 4. The first-order valence-electron chi connectivity index (χ1n) is 6.21. The first kappa shape index (κ1) is 15.4. The van der Waals surface area contributed by atoms with E-state index in [2.05, 4.69) is 14.8 Å². The average molecular weight is 305 g/mol. The third kappa shape index (κ3) is 4.52. The van der Waals surface area contributed by atoms with Crippen LogP contribution in [0.25, 0.3) is 0 Å². The number of carbonyl (C=O) groups is 1. The van der Waals surface area contributed by atoms with Crippen LogP contribution < -0.4 is 14.8 Å². The number of alkyl halides is 3. The number of methoxy groups -OCH3 is 1. The van der Waals surface area contributed by atoms with Crippen LogP contribution in [0.2, 0.25) is 0 Å². The molecule has 0 radical (unpaired) electrons. The van der Waals surface area contributed by atoms with Crippen molar-refractivity contribution >= 4 is 5.97 Å². The Kier molecular flexibility index (Phi) is 4.56. The Morgan fingerprint density at radius 2 is 2.05 bits per heavy atom. The summed E-state index contributed by atoms with van der Waals surface area (Å²) in [5.74, 6) is -0.500. The number of benzene rings is 1. The topological polar surface area (TPSA) is 56.8 Å². The normalized spacial score (nSPS) is 21.9. The van der Waals surface area contributed by atoms with E-state index in [1.807, 2.05) is 0 Å². The van der Waals surface area contributed by atoms with Crippen molar-refractivity contribution in [2.45, 2.75) is 24.9 Å². The molecule has 8 heteroatoms. The van der Waals surface area contributed by atoms with Crippen molar-refractivity contribution in [3.63, 3.8) is 0 Å². The van der Waals surface area contributed by atoms with Gasteiger partial charge < -0.3 is 19.5 Å². The number of hydrogen-bond donors (Lipinski definition) is 1. The van der Waals surface area contributed by atoms with E-state index in [0.29, 0.717) is 13.0 Å². The summed E-state index contributed by atoms with van der Waals surface area (Å²) in [7, 11) is 1.29. The maximum Gasteiger partial charge on any atom is 0.573 e. The van der Waals surface area contributed by atoms with E-state index in [-0.39, 0.29) is 17.6 Å². The maximum absolute atomic E-state index is 12.1. The second-order valence-electron chi connectivity index (χ2n) is 4.48. The molecule has 1 aromatic carbocycles. The van der Waals surface area contributed by atoms with Crippen molar-refractivity contribution in [1.29, 1.82) is 0 Å². The zero-order valence-electron chi connectivity index (χ0n) is 11.1. The number of esters is 1. The van der Waals surface area contributed by atoms with Crippen LogP contribution >= 0.6 is 0 Å². The molecule has 0 unspecified atom stereocenters. The third-order valence-corrected chi connectivity index (χ3v) is 2.92. The van der Waals surface area contributed by atoms with Gasteiger partial charge in [-0.2, -0.15) is 0 Å². The Labute approximate surface area is 119 Å². The van der Waals surface area contributed by atoms with Crippen LogP contribution in [-0.4, -0.2) is 38.1 Å². The highest BCUT2D eigenvalue weighted by atomic mass is 19.4.